The Labute approximate surface area is 122 Å². The number of carbonyl (C=O) groups excluding carboxylic acids is 1. The predicted octanol–water partition coefficient (Wildman–Crippen LogP) is 3.51. The molecule has 0 radical (unpaired) electrons. The summed E-state index contributed by atoms with van der Waals surface area (Å²) >= 11 is 0. The quantitative estimate of drug-likeness (QED) is 0.861. The lowest BCUT2D eigenvalue weighted by molar-refractivity contribution is -0.114. The summed E-state index contributed by atoms with van der Waals surface area (Å²) < 4.78 is 0. The number of anilines is 1. The van der Waals surface area contributed by atoms with E-state index in [9.17, 15) is 4.79 Å². The monoisotopic (exact) mass is 274 g/mol. The van der Waals surface area contributed by atoms with Crippen molar-refractivity contribution in [2.75, 3.05) is 11.9 Å². The molecule has 0 bridgehead atoms. The molecule has 2 unspecified atom stereocenters. The average molecular weight is 274 g/mol. The molecule has 0 heterocycles. The van der Waals surface area contributed by atoms with E-state index in [1.807, 2.05) is 18.2 Å². The van der Waals surface area contributed by atoms with Gasteiger partial charge in [0.2, 0.25) is 5.91 Å². The van der Waals surface area contributed by atoms with Crippen LogP contribution in [-0.4, -0.2) is 23.4 Å². The first-order valence-corrected chi connectivity index (χ1v) is 7.57. The number of hydrogen-bond donors (Lipinski definition) is 1. The van der Waals surface area contributed by atoms with Crippen molar-refractivity contribution < 1.29 is 4.79 Å². The minimum Gasteiger partial charge on any atom is -0.326 e. The number of benzene rings is 1. The average Bonchev–Trinajstić information content (AvgIpc) is 3.05. The smallest absolute Gasteiger partial charge is 0.221 e. The normalized spacial score (nSPS) is 21.3. The minimum atomic E-state index is -0.00985. The molecule has 0 aliphatic heterocycles. The number of carbonyl (C=O) groups is 1. The summed E-state index contributed by atoms with van der Waals surface area (Å²) in [6, 6.07) is 8.62. The lowest BCUT2D eigenvalue weighted by Crippen LogP contribution is -2.32. The van der Waals surface area contributed by atoms with Gasteiger partial charge in [-0.15, -0.1) is 0 Å². The number of hydrogen-bond acceptors (Lipinski definition) is 2. The second-order valence-corrected chi connectivity index (χ2v) is 6.33. The van der Waals surface area contributed by atoms with Crippen molar-refractivity contribution >= 4 is 11.6 Å². The van der Waals surface area contributed by atoms with Crippen LogP contribution in [0.3, 0.4) is 0 Å². The number of amides is 1. The molecule has 20 heavy (non-hydrogen) atoms. The molecule has 1 amide bonds. The second-order valence-electron chi connectivity index (χ2n) is 6.33. The van der Waals surface area contributed by atoms with E-state index in [2.05, 4.69) is 37.1 Å². The molecule has 1 fully saturated rings. The Kier molecular flexibility index (Phi) is 4.81. The lowest BCUT2D eigenvalue weighted by atomic mass is 10.1. The Bertz CT molecular complexity index is 470. The predicted molar refractivity (Wildman–Crippen MR) is 83.6 cm³/mol. The van der Waals surface area contributed by atoms with Gasteiger partial charge in [0.05, 0.1) is 0 Å². The zero-order valence-corrected chi connectivity index (χ0v) is 13.0. The van der Waals surface area contributed by atoms with Crippen molar-refractivity contribution in [3.05, 3.63) is 29.8 Å². The SMILES string of the molecule is CC(=O)Nc1ccccc1CN(CC1CC1C)C(C)C. The molecule has 1 aliphatic rings. The number of nitrogens with zero attached hydrogens (tertiary/aromatic N) is 1. The van der Waals surface area contributed by atoms with Crippen LogP contribution in [0, 0.1) is 11.8 Å². The maximum Gasteiger partial charge on any atom is 0.221 e. The first kappa shape index (κ1) is 15.0. The third kappa shape index (κ3) is 4.07. The fourth-order valence-electron chi connectivity index (χ4n) is 2.60. The van der Waals surface area contributed by atoms with Gasteiger partial charge in [-0.3, -0.25) is 9.69 Å². The van der Waals surface area contributed by atoms with Gasteiger partial charge in [-0.1, -0.05) is 25.1 Å². The molecule has 1 aromatic carbocycles. The van der Waals surface area contributed by atoms with Crippen molar-refractivity contribution in [1.29, 1.82) is 0 Å². The van der Waals surface area contributed by atoms with Crippen molar-refractivity contribution in [2.24, 2.45) is 11.8 Å². The molecule has 2 atom stereocenters. The largest absolute Gasteiger partial charge is 0.326 e. The minimum absolute atomic E-state index is 0.00985. The van der Waals surface area contributed by atoms with Crippen LogP contribution < -0.4 is 5.32 Å². The van der Waals surface area contributed by atoms with Crippen molar-refractivity contribution in [2.45, 2.75) is 46.7 Å². The van der Waals surface area contributed by atoms with Crippen LogP contribution in [0.1, 0.15) is 39.7 Å². The Hall–Kier alpha value is -1.35. The summed E-state index contributed by atoms with van der Waals surface area (Å²) in [6.45, 7) is 10.4. The number of nitrogens with one attached hydrogen (secondary N) is 1. The van der Waals surface area contributed by atoms with E-state index >= 15 is 0 Å². The third-order valence-electron chi connectivity index (χ3n) is 4.18. The van der Waals surface area contributed by atoms with E-state index in [-0.39, 0.29) is 5.91 Å². The molecule has 1 saturated carbocycles. The van der Waals surface area contributed by atoms with Gasteiger partial charge < -0.3 is 5.32 Å². The third-order valence-corrected chi connectivity index (χ3v) is 4.18. The Balaban J connectivity index is 2.07. The fraction of sp³-hybridized carbons (Fsp3) is 0.588. The Morgan fingerprint density at radius 2 is 2.05 bits per heavy atom. The lowest BCUT2D eigenvalue weighted by Gasteiger charge is -2.27. The van der Waals surface area contributed by atoms with E-state index < -0.39 is 0 Å². The highest BCUT2D eigenvalue weighted by atomic mass is 16.1. The van der Waals surface area contributed by atoms with E-state index in [4.69, 9.17) is 0 Å². The molecule has 3 nitrogen and oxygen atoms in total. The highest BCUT2D eigenvalue weighted by molar-refractivity contribution is 5.89. The standard InChI is InChI=1S/C17H26N2O/c1-12(2)19(11-16-9-13(16)3)10-15-7-5-6-8-17(15)18-14(4)20/h5-8,12-13,16H,9-11H2,1-4H3,(H,18,20). The van der Waals surface area contributed by atoms with Crippen LogP contribution in [0.2, 0.25) is 0 Å². The van der Waals surface area contributed by atoms with Crippen molar-refractivity contribution in [3.8, 4) is 0 Å². The second kappa shape index (κ2) is 6.40. The van der Waals surface area contributed by atoms with Crippen LogP contribution in [0.25, 0.3) is 0 Å². The van der Waals surface area contributed by atoms with Crippen molar-refractivity contribution in [3.63, 3.8) is 0 Å². The first-order valence-electron chi connectivity index (χ1n) is 7.57. The highest BCUT2D eigenvalue weighted by Crippen LogP contribution is 2.38. The van der Waals surface area contributed by atoms with E-state index in [1.54, 1.807) is 6.92 Å². The van der Waals surface area contributed by atoms with E-state index in [0.29, 0.717) is 6.04 Å². The van der Waals surface area contributed by atoms with Gasteiger partial charge in [-0.25, -0.2) is 0 Å². The summed E-state index contributed by atoms with van der Waals surface area (Å²) in [5.41, 5.74) is 2.14. The van der Waals surface area contributed by atoms with Gasteiger partial charge in [0.25, 0.3) is 0 Å². The summed E-state index contributed by atoms with van der Waals surface area (Å²) in [5, 5.41) is 2.93. The van der Waals surface area contributed by atoms with Gasteiger partial charge in [0.15, 0.2) is 0 Å². The van der Waals surface area contributed by atoms with Gasteiger partial charge in [-0.2, -0.15) is 0 Å². The molecule has 0 spiro atoms. The number of rotatable bonds is 6. The van der Waals surface area contributed by atoms with Gasteiger partial charge in [-0.05, 0) is 43.7 Å². The van der Waals surface area contributed by atoms with Gasteiger partial charge >= 0.3 is 0 Å². The molecule has 1 aliphatic carbocycles. The van der Waals surface area contributed by atoms with Crippen LogP contribution >= 0.6 is 0 Å². The highest BCUT2D eigenvalue weighted by Gasteiger charge is 2.34. The number of para-hydroxylation sites is 1. The fourth-order valence-corrected chi connectivity index (χ4v) is 2.60. The van der Waals surface area contributed by atoms with Crippen LogP contribution in [0.4, 0.5) is 5.69 Å². The van der Waals surface area contributed by atoms with Crippen molar-refractivity contribution in [1.82, 2.24) is 4.90 Å². The Morgan fingerprint density at radius 3 is 2.60 bits per heavy atom. The summed E-state index contributed by atoms with van der Waals surface area (Å²) in [6.07, 6.45) is 1.36. The maximum absolute atomic E-state index is 11.3. The van der Waals surface area contributed by atoms with Gasteiger partial charge in [0.1, 0.15) is 0 Å². The molecule has 1 aromatic rings. The Morgan fingerprint density at radius 1 is 1.40 bits per heavy atom. The molecular weight excluding hydrogens is 248 g/mol. The molecular formula is C17H26N2O. The molecule has 0 saturated heterocycles. The molecule has 2 rings (SSSR count). The van der Waals surface area contributed by atoms with Gasteiger partial charge in [0, 0.05) is 31.7 Å². The zero-order chi connectivity index (χ0) is 14.7. The van der Waals surface area contributed by atoms with E-state index in [0.717, 1.165) is 30.6 Å². The summed E-state index contributed by atoms with van der Waals surface area (Å²) in [7, 11) is 0. The topological polar surface area (TPSA) is 32.3 Å². The summed E-state index contributed by atoms with van der Waals surface area (Å²) in [5.74, 6) is 1.72. The molecule has 0 aromatic heterocycles. The summed E-state index contributed by atoms with van der Waals surface area (Å²) in [4.78, 5) is 13.8. The van der Waals surface area contributed by atoms with E-state index in [1.165, 1.54) is 12.0 Å². The zero-order valence-electron chi connectivity index (χ0n) is 13.0. The molecule has 1 N–H and O–H groups in total. The van der Waals surface area contributed by atoms with Crippen LogP contribution in [0.15, 0.2) is 24.3 Å². The maximum atomic E-state index is 11.3. The first-order chi connectivity index (χ1) is 9.47. The van der Waals surface area contributed by atoms with Crippen LogP contribution in [-0.2, 0) is 11.3 Å². The molecule has 3 heteroatoms. The molecule has 110 valence electrons. The van der Waals surface area contributed by atoms with Crippen LogP contribution in [0.5, 0.6) is 0 Å².